The van der Waals surface area contributed by atoms with Crippen molar-refractivity contribution >= 4 is 12.2 Å². The van der Waals surface area contributed by atoms with Gasteiger partial charge in [-0.25, -0.2) is 0 Å². The van der Waals surface area contributed by atoms with E-state index in [0.29, 0.717) is 4.77 Å². The summed E-state index contributed by atoms with van der Waals surface area (Å²) < 4.78 is 2.44. The minimum atomic E-state index is 0.562. The van der Waals surface area contributed by atoms with Gasteiger partial charge in [0.15, 0.2) is 10.6 Å². The predicted octanol–water partition coefficient (Wildman–Crippen LogP) is 2.32. The largest absolute Gasteiger partial charge is 0.285 e. The Morgan fingerprint density at radius 2 is 2.00 bits per heavy atom. The second-order valence-electron chi connectivity index (χ2n) is 3.51. The lowest BCUT2D eigenvalue weighted by atomic mass is 10.3. The van der Waals surface area contributed by atoms with Gasteiger partial charge in [0, 0.05) is 11.9 Å². The van der Waals surface area contributed by atoms with E-state index in [1.165, 1.54) is 0 Å². The van der Waals surface area contributed by atoms with Gasteiger partial charge in [0.25, 0.3) is 0 Å². The van der Waals surface area contributed by atoms with Crippen LogP contribution in [0, 0.1) is 4.77 Å². The first-order chi connectivity index (χ1) is 8.36. The van der Waals surface area contributed by atoms with Gasteiger partial charge >= 0.3 is 0 Å². The van der Waals surface area contributed by atoms with Crippen molar-refractivity contribution in [3.63, 3.8) is 0 Å². The summed E-state index contributed by atoms with van der Waals surface area (Å²) in [5.41, 5.74) is 1.86. The Hall–Kier alpha value is -2.21. The van der Waals surface area contributed by atoms with Crippen LogP contribution in [0.2, 0.25) is 0 Å². The van der Waals surface area contributed by atoms with Crippen molar-refractivity contribution in [3.05, 3.63) is 47.5 Å². The van der Waals surface area contributed by atoms with Crippen LogP contribution in [0.1, 0.15) is 0 Å². The fourth-order valence-electron chi connectivity index (χ4n) is 1.68. The van der Waals surface area contributed by atoms with Gasteiger partial charge in [0.05, 0.1) is 11.8 Å². The molecule has 0 spiro atoms. The van der Waals surface area contributed by atoms with Crippen molar-refractivity contribution in [2.24, 2.45) is 0 Å². The molecule has 1 aromatic carbocycles. The third-order valence-electron chi connectivity index (χ3n) is 2.44. The number of nitrogens with one attached hydrogen (secondary N) is 2. The second kappa shape index (κ2) is 3.99. The van der Waals surface area contributed by atoms with E-state index in [9.17, 15) is 0 Å². The van der Waals surface area contributed by atoms with E-state index >= 15 is 0 Å². The van der Waals surface area contributed by atoms with Crippen molar-refractivity contribution in [2.75, 3.05) is 0 Å². The van der Waals surface area contributed by atoms with Gasteiger partial charge in [-0.05, 0) is 24.4 Å². The molecule has 2 aromatic heterocycles. The van der Waals surface area contributed by atoms with E-state index < -0.39 is 0 Å². The second-order valence-corrected chi connectivity index (χ2v) is 3.90. The molecule has 0 aliphatic carbocycles. The van der Waals surface area contributed by atoms with Gasteiger partial charge in [0.2, 0.25) is 0 Å². The zero-order valence-electron chi connectivity index (χ0n) is 8.79. The van der Waals surface area contributed by atoms with Crippen molar-refractivity contribution in [1.29, 1.82) is 0 Å². The molecule has 0 saturated heterocycles. The summed E-state index contributed by atoms with van der Waals surface area (Å²) in [5, 5.41) is 13.7. The molecular formula is C11H9N5S. The smallest absolute Gasteiger partial charge is 0.200 e. The monoisotopic (exact) mass is 243 g/mol. The van der Waals surface area contributed by atoms with Crippen LogP contribution in [0.25, 0.3) is 17.1 Å². The Morgan fingerprint density at radius 1 is 1.18 bits per heavy atom. The SMILES string of the molecule is S=c1[nH]nc(-c2cn[nH]c2)n1-c1ccccc1. The molecular weight excluding hydrogens is 234 g/mol. The van der Waals surface area contributed by atoms with Crippen LogP contribution in [0.3, 0.4) is 0 Å². The van der Waals surface area contributed by atoms with Crippen molar-refractivity contribution in [2.45, 2.75) is 0 Å². The molecule has 0 aliphatic rings. The van der Waals surface area contributed by atoms with Crippen molar-refractivity contribution in [3.8, 4) is 17.1 Å². The summed E-state index contributed by atoms with van der Waals surface area (Å²) in [6, 6.07) is 9.85. The van der Waals surface area contributed by atoms with E-state index in [-0.39, 0.29) is 0 Å². The summed E-state index contributed by atoms with van der Waals surface area (Å²) in [7, 11) is 0. The standard InChI is InChI=1S/C11H9N5S/c17-11-15-14-10(8-6-12-13-7-8)16(11)9-4-2-1-3-5-9/h1-7H,(H,12,13)(H,15,17). The first-order valence-corrected chi connectivity index (χ1v) is 5.49. The van der Waals surface area contributed by atoms with E-state index in [1.807, 2.05) is 34.9 Å². The van der Waals surface area contributed by atoms with Crippen LogP contribution < -0.4 is 0 Å². The zero-order chi connectivity index (χ0) is 11.7. The molecule has 3 rings (SSSR count). The Morgan fingerprint density at radius 3 is 2.71 bits per heavy atom. The molecule has 17 heavy (non-hydrogen) atoms. The molecule has 6 heteroatoms. The molecule has 5 nitrogen and oxygen atoms in total. The topological polar surface area (TPSA) is 62.3 Å². The Labute approximate surface area is 102 Å². The molecule has 3 aromatic rings. The molecule has 0 bridgehead atoms. The molecule has 2 N–H and O–H groups in total. The van der Waals surface area contributed by atoms with Gasteiger partial charge in [-0.1, -0.05) is 18.2 Å². The lowest BCUT2D eigenvalue weighted by Crippen LogP contribution is -1.96. The molecule has 0 aliphatic heterocycles. The van der Waals surface area contributed by atoms with Crippen LogP contribution in [0.15, 0.2) is 42.7 Å². The third kappa shape index (κ3) is 1.68. The van der Waals surface area contributed by atoms with Gasteiger partial charge in [-0.15, -0.1) is 0 Å². The molecule has 0 amide bonds. The average Bonchev–Trinajstić information content (AvgIpc) is 2.98. The fourth-order valence-corrected chi connectivity index (χ4v) is 1.92. The Kier molecular flexibility index (Phi) is 2.34. The van der Waals surface area contributed by atoms with Crippen LogP contribution in [0.4, 0.5) is 0 Å². The minimum absolute atomic E-state index is 0.562. The van der Waals surface area contributed by atoms with Crippen LogP contribution in [-0.4, -0.2) is 25.0 Å². The quantitative estimate of drug-likeness (QED) is 0.679. The summed E-state index contributed by atoms with van der Waals surface area (Å²) in [6.45, 7) is 0. The summed E-state index contributed by atoms with van der Waals surface area (Å²) in [4.78, 5) is 0. The Balaban J connectivity index is 2.24. The van der Waals surface area contributed by atoms with E-state index in [2.05, 4.69) is 20.4 Å². The molecule has 0 saturated carbocycles. The lowest BCUT2D eigenvalue weighted by Gasteiger charge is -2.04. The minimum Gasteiger partial charge on any atom is -0.285 e. The maximum atomic E-state index is 5.24. The van der Waals surface area contributed by atoms with Crippen molar-refractivity contribution < 1.29 is 0 Å². The van der Waals surface area contributed by atoms with Crippen molar-refractivity contribution in [1.82, 2.24) is 25.0 Å². The molecule has 2 heterocycles. The molecule has 0 fully saturated rings. The van der Waals surface area contributed by atoms with Gasteiger partial charge in [0.1, 0.15) is 0 Å². The maximum absolute atomic E-state index is 5.24. The first-order valence-electron chi connectivity index (χ1n) is 5.08. The number of aromatic nitrogens is 5. The number of para-hydroxylation sites is 1. The zero-order valence-corrected chi connectivity index (χ0v) is 9.61. The molecule has 0 radical (unpaired) electrons. The number of hydrogen-bond acceptors (Lipinski definition) is 3. The highest BCUT2D eigenvalue weighted by Crippen LogP contribution is 2.19. The highest BCUT2D eigenvalue weighted by Gasteiger charge is 2.10. The van der Waals surface area contributed by atoms with E-state index in [0.717, 1.165) is 17.1 Å². The summed E-state index contributed by atoms with van der Waals surface area (Å²) >= 11 is 5.24. The average molecular weight is 243 g/mol. The van der Waals surface area contributed by atoms with Gasteiger partial charge in [-0.3, -0.25) is 14.8 Å². The van der Waals surface area contributed by atoms with E-state index in [4.69, 9.17) is 12.2 Å². The van der Waals surface area contributed by atoms with Crippen LogP contribution in [-0.2, 0) is 0 Å². The lowest BCUT2D eigenvalue weighted by molar-refractivity contribution is 1.04. The normalized spacial score (nSPS) is 10.6. The fraction of sp³-hybridized carbons (Fsp3) is 0. The number of aromatic amines is 2. The number of hydrogen-bond donors (Lipinski definition) is 2. The predicted molar refractivity (Wildman–Crippen MR) is 66.3 cm³/mol. The molecule has 84 valence electrons. The molecule has 0 unspecified atom stereocenters. The summed E-state index contributed by atoms with van der Waals surface area (Å²) in [5.74, 6) is 0.745. The van der Waals surface area contributed by atoms with Crippen LogP contribution in [0.5, 0.6) is 0 Å². The maximum Gasteiger partial charge on any atom is 0.200 e. The first kappa shape index (κ1) is 9.98. The van der Waals surface area contributed by atoms with Gasteiger partial charge in [-0.2, -0.15) is 10.2 Å². The number of rotatable bonds is 2. The third-order valence-corrected chi connectivity index (χ3v) is 2.72. The molecule has 0 atom stereocenters. The number of H-pyrrole nitrogens is 2. The highest BCUT2D eigenvalue weighted by atomic mass is 32.1. The Bertz CT molecular complexity index is 665. The van der Waals surface area contributed by atoms with E-state index in [1.54, 1.807) is 12.4 Å². The van der Waals surface area contributed by atoms with Gasteiger partial charge < -0.3 is 0 Å². The van der Waals surface area contributed by atoms with Crippen LogP contribution >= 0.6 is 12.2 Å². The summed E-state index contributed by atoms with van der Waals surface area (Å²) in [6.07, 6.45) is 3.49. The number of nitrogens with zero attached hydrogens (tertiary/aromatic N) is 3. The highest BCUT2D eigenvalue weighted by molar-refractivity contribution is 7.71. The number of benzene rings is 1.